The quantitative estimate of drug-likeness (QED) is 0.516. The zero-order valence-corrected chi connectivity index (χ0v) is 14.7. The summed E-state index contributed by atoms with van der Waals surface area (Å²) in [7, 11) is 4.46. The van der Waals surface area contributed by atoms with Crippen LogP contribution in [0.3, 0.4) is 0 Å². The average Bonchev–Trinajstić information content (AvgIpc) is 2.46. The molecule has 2 heteroatoms. The molecule has 1 fully saturated rings. The molecule has 0 amide bonds. The second-order valence-electron chi connectivity index (χ2n) is 7.78. The maximum absolute atomic E-state index is 5.53. The third-order valence-corrected chi connectivity index (χ3v) is 5.66. The zero-order valence-electron chi connectivity index (χ0n) is 14.7. The molecule has 0 bridgehead atoms. The molecule has 1 aliphatic carbocycles. The molecule has 0 aromatic carbocycles. The molecule has 1 radical (unpaired) electrons. The highest BCUT2D eigenvalue weighted by atomic mass is 16.5. The average molecular weight is 279 g/mol. The molecular formula is C18H36BO. The first kappa shape index (κ1) is 18.1. The Morgan fingerprint density at radius 3 is 2.25 bits per heavy atom. The van der Waals surface area contributed by atoms with Crippen LogP contribution in [0.4, 0.5) is 0 Å². The lowest BCUT2D eigenvalue weighted by molar-refractivity contribution is 0.114. The van der Waals surface area contributed by atoms with Gasteiger partial charge in [0.25, 0.3) is 0 Å². The van der Waals surface area contributed by atoms with Gasteiger partial charge in [0.15, 0.2) is 0 Å². The van der Waals surface area contributed by atoms with E-state index in [0.717, 1.165) is 11.7 Å². The molecule has 0 heterocycles. The Labute approximate surface area is 128 Å². The molecule has 1 nitrogen and oxygen atoms in total. The van der Waals surface area contributed by atoms with Crippen molar-refractivity contribution in [2.75, 3.05) is 7.11 Å². The summed E-state index contributed by atoms with van der Waals surface area (Å²) < 4.78 is 5.53. The van der Waals surface area contributed by atoms with E-state index in [2.05, 4.69) is 41.9 Å². The number of hydrogen-bond acceptors (Lipinski definition) is 1. The first-order chi connectivity index (χ1) is 9.39. The van der Waals surface area contributed by atoms with Crippen LogP contribution in [0.2, 0.25) is 11.6 Å². The number of methoxy groups -OCH3 is 1. The Bertz CT molecular complexity index is 258. The van der Waals surface area contributed by atoms with E-state index >= 15 is 0 Å². The number of rotatable bonds is 8. The Balaban J connectivity index is 2.67. The van der Waals surface area contributed by atoms with Gasteiger partial charge >= 0.3 is 0 Å². The maximum Gasteiger partial charge on any atom is 0.121 e. The third-order valence-electron chi connectivity index (χ3n) is 5.66. The van der Waals surface area contributed by atoms with Gasteiger partial charge in [0.05, 0.1) is 0 Å². The van der Waals surface area contributed by atoms with E-state index in [-0.39, 0.29) is 0 Å². The van der Waals surface area contributed by atoms with E-state index in [1.807, 2.05) is 7.11 Å². The second-order valence-corrected chi connectivity index (χ2v) is 7.78. The molecule has 0 saturated heterocycles. The van der Waals surface area contributed by atoms with Crippen molar-refractivity contribution in [3.05, 3.63) is 0 Å². The highest BCUT2D eigenvalue weighted by Crippen LogP contribution is 2.43. The van der Waals surface area contributed by atoms with Crippen LogP contribution < -0.4 is 0 Å². The number of hydrogen-bond donors (Lipinski definition) is 0. The fourth-order valence-corrected chi connectivity index (χ4v) is 3.50. The summed E-state index contributed by atoms with van der Waals surface area (Å²) in [5.41, 5.74) is 0.467. The van der Waals surface area contributed by atoms with E-state index in [1.54, 1.807) is 0 Å². The second kappa shape index (κ2) is 8.46. The van der Waals surface area contributed by atoms with E-state index in [9.17, 15) is 0 Å². The molecule has 3 unspecified atom stereocenters. The maximum atomic E-state index is 5.53. The predicted molar refractivity (Wildman–Crippen MR) is 90.7 cm³/mol. The minimum atomic E-state index is 0.339. The predicted octanol–water partition coefficient (Wildman–Crippen LogP) is 5.73. The lowest BCUT2D eigenvalue weighted by Crippen LogP contribution is -2.29. The summed E-state index contributed by atoms with van der Waals surface area (Å²) in [6.07, 6.45) is 10.2. The minimum absolute atomic E-state index is 0.339. The molecule has 1 aliphatic rings. The van der Waals surface area contributed by atoms with Gasteiger partial charge in [-0.2, -0.15) is 0 Å². The summed E-state index contributed by atoms with van der Waals surface area (Å²) in [6, 6.07) is 0. The summed E-state index contributed by atoms with van der Waals surface area (Å²) in [5.74, 6) is 2.25. The van der Waals surface area contributed by atoms with Crippen LogP contribution in [0.5, 0.6) is 0 Å². The molecule has 1 rings (SSSR count). The summed E-state index contributed by atoms with van der Waals surface area (Å²) >= 11 is 0. The van der Waals surface area contributed by atoms with Crippen LogP contribution in [-0.2, 0) is 4.74 Å². The van der Waals surface area contributed by atoms with E-state index < -0.39 is 0 Å². The first-order valence-corrected chi connectivity index (χ1v) is 8.77. The molecule has 0 aromatic rings. The third kappa shape index (κ3) is 5.80. The SMILES string of the molecule is CCC(C)(C)CC([B]C(C)C(C)OC)C1CCCCC1. The van der Waals surface area contributed by atoms with Crippen LogP contribution in [0.25, 0.3) is 0 Å². The van der Waals surface area contributed by atoms with Crippen molar-refractivity contribution in [1.29, 1.82) is 0 Å². The normalized spacial score (nSPS) is 22.3. The topological polar surface area (TPSA) is 9.23 Å². The van der Waals surface area contributed by atoms with Gasteiger partial charge in [-0.05, 0) is 24.1 Å². The molecule has 0 aromatic heterocycles. The van der Waals surface area contributed by atoms with Gasteiger partial charge < -0.3 is 4.74 Å². The first-order valence-electron chi connectivity index (χ1n) is 8.77. The van der Waals surface area contributed by atoms with Crippen molar-refractivity contribution < 1.29 is 4.74 Å². The summed E-state index contributed by atoms with van der Waals surface area (Å²) in [5, 5.41) is 0. The van der Waals surface area contributed by atoms with Crippen molar-refractivity contribution >= 4 is 7.28 Å². The Kier molecular flexibility index (Phi) is 7.65. The largest absolute Gasteiger partial charge is 0.382 e. The zero-order chi connectivity index (χ0) is 15.2. The Hall–Kier alpha value is 0.0249. The monoisotopic (exact) mass is 279 g/mol. The van der Waals surface area contributed by atoms with Crippen molar-refractivity contribution in [2.24, 2.45) is 11.3 Å². The van der Waals surface area contributed by atoms with Crippen LogP contribution in [0, 0.1) is 11.3 Å². The smallest absolute Gasteiger partial charge is 0.121 e. The van der Waals surface area contributed by atoms with Gasteiger partial charge in [0.2, 0.25) is 0 Å². The van der Waals surface area contributed by atoms with Crippen LogP contribution in [0.15, 0.2) is 0 Å². The van der Waals surface area contributed by atoms with Crippen LogP contribution in [-0.4, -0.2) is 20.5 Å². The van der Waals surface area contributed by atoms with Gasteiger partial charge in [-0.1, -0.05) is 78.5 Å². The fourth-order valence-electron chi connectivity index (χ4n) is 3.50. The van der Waals surface area contributed by atoms with Gasteiger partial charge in [-0.15, -0.1) is 0 Å². The molecular weight excluding hydrogens is 243 g/mol. The van der Waals surface area contributed by atoms with Crippen molar-refractivity contribution in [2.45, 2.75) is 97.3 Å². The van der Waals surface area contributed by atoms with Gasteiger partial charge in [-0.25, -0.2) is 0 Å². The minimum Gasteiger partial charge on any atom is -0.382 e. The molecule has 1 saturated carbocycles. The van der Waals surface area contributed by atoms with Crippen molar-refractivity contribution in [3.8, 4) is 0 Å². The molecule has 0 N–H and O–H groups in total. The Morgan fingerprint density at radius 1 is 1.15 bits per heavy atom. The standard InChI is InChI=1S/C18H36BO/c1-7-18(4,5)13-17(16-11-9-8-10-12-16)19-14(2)15(3)20-6/h14-17H,7-13H2,1-6H3. The molecule has 20 heavy (non-hydrogen) atoms. The van der Waals surface area contributed by atoms with Gasteiger partial charge in [0, 0.05) is 13.2 Å². The van der Waals surface area contributed by atoms with Crippen LogP contribution >= 0.6 is 0 Å². The molecule has 0 aliphatic heterocycles. The van der Waals surface area contributed by atoms with E-state index in [0.29, 0.717) is 17.3 Å². The highest BCUT2D eigenvalue weighted by Gasteiger charge is 2.31. The number of ether oxygens (including phenoxy) is 1. The van der Waals surface area contributed by atoms with E-state index in [1.165, 1.54) is 44.9 Å². The summed E-state index contributed by atoms with van der Waals surface area (Å²) in [6.45, 7) is 11.7. The van der Waals surface area contributed by atoms with Gasteiger partial charge in [-0.3, -0.25) is 0 Å². The van der Waals surface area contributed by atoms with Crippen LogP contribution in [0.1, 0.15) is 79.6 Å². The molecule has 117 valence electrons. The fraction of sp³-hybridized carbons (Fsp3) is 1.00. The van der Waals surface area contributed by atoms with Crippen molar-refractivity contribution in [3.63, 3.8) is 0 Å². The lowest BCUT2D eigenvalue weighted by Gasteiger charge is -2.37. The Morgan fingerprint density at radius 2 is 1.75 bits per heavy atom. The molecule has 3 atom stereocenters. The molecule has 0 spiro atoms. The summed E-state index contributed by atoms with van der Waals surface area (Å²) in [4.78, 5) is 0. The van der Waals surface area contributed by atoms with Crippen molar-refractivity contribution in [1.82, 2.24) is 0 Å². The lowest BCUT2D eigenvalue weighted by atomic mass is 9.46. The van der Waals surface area contributed by atoms with E-state index in [4.69, 9.17) is 4.74 Å². The highest BCUT2D eigenvalue weighted by molar-refractivity contribution is 6.39. The van der Waals surface area contributed by atoms with Gasteiger partial charge in [0.1, 0.15) is 7.28 Å².